The molecule has 3 aromatic heterocycles. The molecule has 0 radical (unpaired) electrons. The largest absolute Gasteiger partial charge is 0.479 e. The van der Waals surface area contributed by atoms with Crippen LogP contribution in [0.3, 0.4) is 0 Å². The van der Waals surface area contributed by atoms with Gasteiger partial charge in [0.25, 0.3) is 0 Å². The van der Waals surface area contributed by atoms with Crippen LogP contribution in [0.1, 0.15) is 47.4 Å². The number of methoxy groups -OCH3 is 1. The molecule has 1 unspecified atom stereocenters. The highest BCUT2D eigenvalue weighted by molar-refractivity contribution is 5.65. The molecule has 4 aromatic rings. The second-order valence-electron chi connectivity index (χ2n) is 7.97. The topological polar surface area (TPSA) is 70.7 Å². The maximum Gasteiger partial charge on any atom is 0.238 e. The Morgan fingerprint density at radius 2 is 1.91 bits per heavy atom. The first-order chi connectivity index (χ1) is 16.0. The average molecular weight is 448 g/mol. The molecule has 168 valence electrons. The van der Waals surface area contributed by atoms with E-state index in [0.29, 0.717) is 28.8 Å². The van der Waals surface area contributed by atoms with E-state index in [1.165, 1.54) is 12.1 Å². The van der Waals surface area contributed by atoms with Crippen LogP contribution >= 0.6 is 0 Å². The fourth-order valence-electron chi connectivity index (χ4n) is 4.13. The zero-order valence-electron chi connectivity index (χ0n) is 18.2. The number of ether oxygens (including phenoxy) is 1. The average Bonchev–Trinajstić information content (AvgIpc) is 3.42. The van der Waals surface area contributed by atoms with E-state index >= 15 is 0 Å². The van der Waals surface area contributed by atoms with Crippen LogP contribution in [-0.4, -0.2) is 36.4 Å². The molecule has 0 N–H and O–H groups in total. The van der Waals surface area contributed by atoms with Crippen molar-refractivity contribution in [2.75, 3.05) is 7.11 Å². The standard InChI is InChI=1S/C24H22F2N6O/c1-15-13-31(14-27-15)21-7-5-19(28-24(21)33-2)6-8-22-29-23-20(4-3-9-32(23)30-22)16-10-17(25)12-18(26)11-16/h5-8,10-14,20H,3-4,9H2,1-2H3/b8-6+. The molecule has 1 aliphatic rings. The normalized spacial score (nSPS) is 15.7. The first-order valence-electron chi connectivity index (χ1n) is 10.6. The third-order valence-electron chi connectivity index (χ3n) is 5.63. The van der Waals surface area contributed by atoms with Crippen molar-refractivity contribution in [2.24, 2.45) is 0 Å². The predicted octanol–water partition coefficient (Wildman–Crippen LogP) is 4.55. The summed E-state index contributed by atoms with van der Waals surface area (Å²) < 4.78 is 36.6. The number of pyridine rings is 1. The van der Waals surface area contributed by atoms with Crippen molar-refractivity contribution < 1.29 is 13.5 Å². The summed E-state index contributed by atoms with van der Waals surface area (Å²) in [5, 5.41) is 4.56. The molecule has 33 heavy (non-hydrogen) atoms. The van der Waals surface area contributed by atoms with Crippen LogP contribution in [0.2, 0.25) is 0 Å². The Hall–Kier alpha value is -3.88. The maximum atomic E-state index is 13.8. The van der Waals surface area contributed by atoms with Crippen LogP contribution in [0.5, 0.6) is 5.88 Å². The Labute approximate surface area is 189 Å². The lowest BCUT2D eigenvalue weighted by molar-refractivity contribution is 0.395. The third kappa shape index (κ3) is 4.26. The van der Waals surface area contributed by atoms with E-state index in [1.807, 2.05) is 40.6 Å². The Balaban J connectivity index is 1.41. The highest BCUT2D eigenvalue weighted by Crippen LogP contribution is 2.33. The molecule has 0 fully saturated rings. The zero-order valence-corrected chi connectivity index (χ0v) is 18.2. The first-order valence-corrected chi connectivity index (χ1v) is 10.6. The van der Waals surface area contributed by atoms with E-state index < -0.39 is 11.6 Å². The number of aryl methyl sites for hydroxylation is 2. The van der Waals surface area contributed by atoms with Crippen molar-refractivity contribution in [3.05, 3.63) is 83.1 Å². The summed E-state index contributed by atoms with van der Waals surface area (Å²) in [4.78, 5) is 13.4. The maximum absolute atomic E-state index is 13.8. The van der Waals surface area contributed by atoms with Crippen LogP contribution in [0.4, 0.5) is 8.78 Å². The molecule has 0 saturated heterocycles. The summed E-state index contributed by atoms with van der Waals surface area (Å²) >= 11 is 0. The molecule has 1 aromatic carbocycles. The van der Waals surface area contributed by atoms with Crippen molar-refractivity contribution in [1.29, 1.82) is 0 Å². The lowest BCUT2D eigenvalue weighted by atomic mass is 9.91. The SMILES string of the molecule is COc1nc(/C=C/c2nc3n(n2)CCCC3c2cc(F)cc(F)c2)ccc1-n1cnc(C)c1. The van der Waals surface area contributed by atoms with Gasteiger partial charge in [0, 0.05) is 24.7 Å². The number of imidazole rings is 1. The summed E-state index contributed by atoms with van der Waals surface area (Å²) in [6.07, 6.45) is 8.82. The highest BCUT2D eigenvalue weighted by Gasteiger charge is 2.26. The minimum absolute atomic E-state index is 0.199. The van der Waals surface area contributed by atoms with Gasteiger partial charge in [-0.1, -0.05) is 0 Å². The van der Waals surface area contributed by atoms with Gasteiger partial charge in [0.15, 0.2) is 5.82 Å². The molecular weight excluding hydrogens is 426 g/mol. The van der Waals surface area contributed by atoms with E-state index in [9.17, 15) is 8.78 Å². The molecule has 7 nitrogen and oxygen atoms in total. The summed E-state index contributed by atoms with van der Waals surface area (Å²) in [6.45, 7) is 2.63. The predicted molar refractivity (Wildman–Crippen MR) is 119 cm³/mol. The monoisotopic (exact) mass is 448 g/mol. The van der Waals surface area contributed by atoms with Crippen molar-refractivity contribution in [1.82, 2.24) is 29.3 Å². The fourth-order valence-corrected chi connectivity index (χ4v) is 4.13. The van der Waals surface area contributed by atoms with Crippen molar-refractivity contribution in [3.8, 4) is 11.6 Å². The van der Waals surface area contributed by atoms with Crippen molar-refractivity contribution >= 4 is 12.2 Å². The van der Waals surface area contributed by atoms with Gasteiger partial charge in [0.05, 0.1) is 24.8 Å². The minimum Gasteiger partial charge on any atom is -0.479 e. The zero-order chi connectivity index (χ0) is 22.9. The molecule has 0 amide bonds. The summed E-state index contributed by atoms with van der Waals surface area (Å²) in [5.74, 6) is 0.327. The van der Waals surface area contributed by atoms with Gasteiger partial charge < -0.3 is 9.30 Å². The third-order valence-corrected chi connectivity index (χ3v) is 5.63. The van der Waals surface area contributed by atoms with E-state index in [1.54, 1.807) is 19.5 Å². The van der Waals surface area contributed by atoms with Gasteiger partial charge in [0.2, 0.25) is 5.88 Å². The molecule has 0 saturated carbocycles. The summed E-state index contributed by atoms with van der Waals surface area (Å²) in [7, 11) is 1.57. The summed E-state index contributed by atoms with van der Waals surface area (Å²) in [5.41, 5.74) is 2.95. The van der Waals surface area contributed by atoms with E-state index in [2.05, 4.69) is 20.1 Å². The van der Waals surface area contributed by atoms with Crippen LogP contribution in [0, 0.1) is 18.6 Å². The second kappa shape index (κ2) is 8.57. The molecule has 0 bridgehead atoms. The van der Waals surface area contributed by atoms with Crippen LogP contribution < -0.4 is 4.74 Å². The minimum atomic E-state index is -0.587. The van der Waals surface area contributed by atoms with Crippen molar-refractivity contribution in [3.63, 3.8) is 0 Å². The van der Waals surface area contributed by atoms with E-state index in [4.69, 9.17) is 4.74 Å². The van der Waals surface area contributed by atoms with Gasteiger partial charge in [-0.2, -0.15) is 5.10 Å². The number of hydrogen-bond acceptors (Lipinski definition) is 5. The lowest BCUT2D eigenvalue weighted by Crippen LogP contribution is -2.18. The van der Waals surface area contributed by atoms with Crippen LogP contribution in [0.15, 0.2) is 42.9 Å². The molecule has 0 aliphatic carbocycles. The second-order valence-corrected chi connectivity index (χ2v) is 7.97. The smallest absolute Gasteiger partial charge is 0.238 e. The molecule has 9 heteroatoms. The Bertz CT molecular complexity index is 1320. The summed E-state index contributed by atoms with van der Waals surface area (Å²) in [6, 6.07) is 7.40. The van der Waals surface area contributed by atoms with Gasteiger partial charge in [-0.05, 0) is 61.7 Å². The molecule has 1 atom stereocenters. The van der Waals surface area contributed by atoms with Gasteiger partial charge in [-0.15, -0.1) is 0 Å². The number of fused-ring (bicyclic) bond motifs is 1. The quantitative estimate of drug-likeness (QED) is 0.448. The van der Waals surface area contributed by atoms with Crippen molar-refractivity contribution in [2.45, 2.75) is 32.2 Å². The first kappa shape index (κ1) is 21.0. The molecule has 5 rings (SSSR count). The van der Waals surface area contributed by atoms with Gasteiger partial charge in [-0.3, -0.25) is 0 Å². The van der Waals surface area contributed by atoms with E-state index in [-0.39, 0.29) is 5.92 Å². The molecule has 0 spiro atoms. The number of halogens is 2. The molecule has 4 heterocycles. The molecular formula is C24H22F2N6O. The number of rotatable bonds is 5. The lowest BCUT2D eigenvalue weighted by Gasteiger charge is -2.22. The number of aromatic nitrogens is 6. The van der Waals surface area contributed by atoms with E-state index in [0.717, 1.165) is 36.8 Å². The Kier molecular flexibility index (Phi) is 5.45. The van der Waals surface area contributed by atoms with Crippen LogP contribution in [-0.2, 0) is 6.54 Å². The van der Waals surface area contributed by atoms with Gasteiger partial charge >= 0.3 is 0 Å². The molecule has 1 aliphatic heterocycles. The van der Waals surface area contributed by atoms with Crippen LogP contribution in [0.25, 0.3) is 17.8 Å². The Morgan fingerprint density at radius 3 is 2.64 bits per heavy atom. The Morgan fingerprint density at radius 1 is 1.09 bits per heavy atom. The number of nitrogens with zero attached hydrogens (tertiary/aromatic N) is 6. The highest BCUT2D eigenvalue weighted by atomic mass is 19.1. The van der Waals surface area contributed by atoms with Gasteiger partial charge in [0.1, 0.15) is 23.1 Å². The number of benzene rings is 1. The fraction of sp³-hybridized carbons (Fsp3) is 0.250. The number of hydrogen-bond donors (Lipinski definition) is 0. The van der Waals surface area contributed by atoms with Gasteiger partial charge in [-0.25, -0.2) is 28.4 Å².